The molecule has 0 spiro atoms. The molecule has 158 valence electrons. The number of pyridine rings is 1. The van der Waals surface area contributed by atoms with E-state index in [9.17, 15) is 0 Å². The van der Waals surface area contributed by atoms with Crippen molar-refractivity contribution in [2.45, 2.75) is 104 Å². The van der Waals surface area contributed by atoms with Gasteiger partial charge in [-0.3, -0.25) is 4.98 Å². The molecule has 1 N–H and O–H groups in total. The highest BCUT2D eigenvalue weighted by Crippen LogP contribution is 2.49. The van der Waals surface area contributed by atoms with E-state index in [1.54, 1.807) is 0 Å². The molecule has 2 heterocycles. The summed E-state index contributed by atoms with van der Waals surface area (Å²) in [6.07, 6.45) is 17.9. The van der Waals surface area contributed by atoms with Gasteiger partial charge in [-0.05, 0) is 77.7 Å². The van der Waals surface area contributed by atoms with Gasteiger partial charge in [-0.15, -0.1) is 0 Å². The van der Waals surface area contributed by atoms with Crippen molar-refractivity contribution in [3.05, 3.63) is 41.7 Å². The number of rotatable bonds is 5. The summed E-state index contributed by atoms with van der Waals surface area (Å²) in [6.45, 7) is 9.88. The van der Waals surface area contributed by atoms with Crippen LogP contribution in [0.5, 0.6) is 0 Å². The summed E-state index contributed by atoms with van der Waals surface area (Å²) in [5, 5.41) is 0. The first-order valence-corrected chi connectivity index (χ1v) is 12.1. The molecule has 2 atom stereocenters. The first-order valence-electron chi connectivity index (χ1n) is 12.1. The van der Waals surface area contributed by atoms with Crippen molar-refractivity contribution in [3.8, 4) is 11.4 Å². The Bertz CT molecular complexity index is 805. The standard InChI is InChI=1S/C27H40N2/c1-20(26(3)13-7-5-8-14-26)22-11-17-28-24(19-22)25-23(12-18-29-25)21(2)27(4)15-9-6-10-16-27/h11-12,17-21,29H,5-10,13-16H2,1-4H3. The molecule has 0 aromatic carbocycles. The van der Waals surface area contributed by atoms with Gasteiger partial charge >= 0.3 is 0 Å². The lowest BCUT2D eigenvalue weighted by molar-refractivity contribution is 0.177. The summed E-state index contributed by atoms with van der Waals surface area (Å²) >= 11 is 0. The SMILES string of the molecule is CC(c1ccnc(-c2[nH]ccc2C(C)C2(C)CCCCC2)c1)C1(C)CCCCC1. The van der Waals surface area contributed by atoms with E-state index in [1.165, 1.54) is 81.0 Å². The van der Waals surface area contributed by atoms with E-state index in [2.05, 4.69) is 57.1 Å². The lowest BCUT2D eigenvalue weighted by Crippen LogP contribution is -2.27. The molecule has 0 saturated heterocycles. The van der Waals surface area contributed by atoms with Crippen LogP contribution in [-0.4, -0.2) is 9.97 Å². The predicted molar refractivity (Wildman–Crippen MR) is 123 cm³/mol. The Labute approximate surface area is 177 Å². The van der Waals surface area contributed by atoms with Crippen LogP contribution in [0.3, 0.4) is 0 Å². The summed E-state index contributed by atoms with van der Waals surface area (Å²) in [6, 6.07) is 6.93. The third-order valence-electron chi connectivity index (χ3n) is 8.87. The summed E-state index contributed by atoms with van der Waals surface area (Å²) in [5.74, 6) is 1.14. The van der Waals surface area contributed by atoms with Crippen LogP contribution in [0.25, 0.3) is 11.4 Å². The molecule has 2 aromatic rings. The Morgan fingerprint density at radius 2 is 1.41 bits per heavy atom. The van der Waals surface area contributed by atoms with Gasteiger partial charge in [0.25, 0.3) is 0 Å². The van der Waals surface area contributed by atoms with Crippen LogP contribution >= 0.6 is 0 Å². The fourth-order valence-corrected chi connectivity index (χ4v) is 6.18. The van der Waals surface area contributed by atoms with Gasteiger partial charge < -0.3 is 4.98 Å². The molecule has 0 radical (unpaired) electrons. The molecule has 2 nitrogen and oxygen atoms in total. The molecular formula is C27H40N2. The van der Waals surface area contributed by atoms with Crippen molar-refractivity contribution in [2.24, 2.45) is 10.8 Å². The Kier molecular flexibility index (Phi) is 5.91. The molecule has 0 amide bonds. The number of hydrogen-bond acceptors (Lipinski definition) is 1. The molecule has 2 aliphatic rings. The summed E-state index contributed by atoms with van der Waals surface area (Å²) in [5.41, 5.74) is 6.12. The molecule has 0 bridgehead atoms. The molecular weight excluding hydrogens is 352 g/mol. The second kappa shape index (κ2) is 8.28. The first kappa shape index (κ1) is 20.7. The maximum atomic E-state index is 4.81. The minimum absolute atomic E-state index is 0.412. The molecule has 2 aromatic heterocycles. The van der Waals surface area contributed by atoms with Gasteiger partial charge in [0.2, 0.25) is 0 Å². The number of hydrogen-bond donors (Lipinski definition) is 1. The number of nitrogens with zero attached hydrogens (tertiary/aromatic N) is 1. The predicted octanol–water partition coefficient (Wildman–Crippen LogP) is 8.22. The van der Waals surface area contributed by atoms with E-state index in [0.717, 1.165) is 5.69 Å². The van der Waals surface area contributed by atoms with Gasteiger partial charge in [0.15, 0.2) is 0 Å². The zero-order valence-corrected chi connectivity index (χ0v) is 19.1. The average Bonchev–Trinajstić information content (AvgIpc) is 3.23. The Hall–Kier alpha value is -1.57. The van der Waals surface area contributed by atoms with Crippen molar-refractivity contribution in [1.29, 1.82) is 0 Å². The third kappa shape index (κ3) is 4.05. The Balaban J connectivity index is 1.62. The average molecular weight is 393 g/mol. The lowest BCUT2D eigenvalue weighted by atomic mass is 9.65. The largest absolute Gasteiger partial charge is 0.360 e. The van der Waals surface area contributed by atoms with E-state index in [0.29, 0.717) is 22.7 Å². The quantitative estimate of drug-likeness (QED) is 0.545. The van der Waals surface area contributed by atoms with Crippen LogP contribution in [-0.2, 0) is 0 Å². The van der Waals surface area contributed by atoms with Crippen LogP contribution in [0.1, 0.15) is 115 Å². The van der Waals surface area contributed by atoms with Crippen LogP contribution in [0.2, 0.25) is 0 Å². The highest BCUT2D eigenvalue weighted by Gasteiger charge is 2.36. The number of aromatic amines is 1. The van der Waals surface area contributed by atoms with Crippen molar-refractivity contribution in [3.63, 3.8) is 0 Å². The molecule has 2 unspecified atom stereocenters. The van der Waals surface area contributed by atoms with E-state index in [4.69, 9.17) is 4.98 Å². The van der Waals surface area contributed by atoms with Gasteiger partial charge in [-0.25, -0.2) is 0 Å². The molecule has 2 aliphatic carbocycles. The van der Waals surface area contributed by atoms with Crippen molar-refractivity contribution in [2.75, 3.05) is 0 Å². The zero-order chi connectivity index (χ0) is 20.5. The van der Waals surface area contributed by atoms with E-state index in [1.807, 2.05) is 6.20 Å². The maximum absolute atomic E-state index is 4.81. The van der Waals surface area contributed by atoms with Crippen LogP contribution in [0.15, 0.2) is 30.6 Å². The lowest BCUT2D eigenvalue weighted by Gasteiger charge is -2.40. The second-order valence-corrected chi connectivity index (χ2v) is 10.7. The summed E-state index contributed by atoms with van der Waals surface area (Å²) in [4.78, 5) is 8.36. The van der Waals surface area contributed by atoms with Gasteiger partial charge in [0, 0.05) is 12.4 Å². The van der Waals surface area contributed by atoms with E-state index in [-0.39, 0.29) is 0 Å². The number of nitrogens with one attached hydrogen (secondary N) is 1. The maximum Gasteiger partial charge on any atom is 0.0870 e. The van der Waals surface area contributed by atoms with Crippen LogP contribution in [0, 0.1) is 10.8 Å². The van der Waals surface area contributed by atoms with Crippen LogP contribution in [0.4, 0.5) is 0 Å². The third-order valence-corrected chi connectivity index (χ3v) is 8.87. The first-order chi connectivity index (χ1) is 13.9. The normalized spacial score (nSPS) is 23.4. The molecule has 2 saturated carbocycles. The van der Waals surface area contributed by atoms with Crippen molar-refractivity contribution < 1.29 is 0 Å². The van der Waals surface area contributed by atoms with Crippen LogP contribution < -0.4 is 0 Å². The Morgan fingerprint density at radius 3 is 2.03 bits per heavy atom. The molecule has 29 heavy (non-hydrogen) atoms. The Morgan fingerprint density at radius 1 is 0.828 bits per heavy atom. The monoisotopic (exact) mass is 392 g/mol. The zero-order valence-electron chi connectivity index (χ0n) is 19.1. The van der Waals surface area contributed by atoms with Gasteiger partial charge in [0.1, 0.15) is 0 Å². The number of H-pyrrole nitrogens is 1. The molecule has 0 aliphatic heterocycles. The summed E-state index contributed by atoms with van der Waals surface area (Å²) in [7, 11) is 0. The van der Waals surface area contributed by atoms with Gasteiger partial charge in [-0.1, -0.05) is 66.2 Å². The fourth-order valence-electron chi connectivity index (χ4n) is 6.18. The highest BCUT2D eigenvalue weighted by molar-refractivity contribution is 5.61. The number of aromatic nitrogens is 2. The van der Waals surface area contributed by atoms with Crippen molar-refractivity contribution in [1.82, 2.24) is 9.97 Å². The van der Waals surface area contributed by atoms with E-state index < -0.39 is 0 Å². The minimum Gasteiger partial charge on any atom is -0.360 e. The molecule has 2 heteroatoms. The van der Waals surface area contributed by atoms with E-state index >= 15 is 0 Å². The second-order valence-electron chi connectivity index (χ2n) is 10.7. The fraction of sp³-hybridized carbons (Fsp3) is 0.667. The summed E-state index contributed by atoms with van der Waals surface area (Å²) < 4.78 is 0. The smallest absolute Gasteiger partial charge is 0.0870 e. The van der Waals surface area contributed by atoms with Gasteiger partial charge in [-0.2, -0.15) is 0 Å². The molecule has 2 fully saturated rings. The highest BCUT2D eigenvalue weighted by atomic mass is 14.8. The topological polar surface area (TPSA) is 28.7 Å². The minimum atomic E-state index is 0.412. The molecule has 4 rings (SSSR count). The van der Waals surface area contributed by atoms with Crippen molar-refractivity contribution >= 4 is 0 Å². The van der Waals surface area contributed by atoms with Gasteiger partial charge in [0.05, 0.1) is 11.4 Å².